The normalized spacial score (nSPS) is 13.8. The number of halogens is 4. The van der Waals surface area contributed by atoms with Crippen molar-refractivity contribution < 1.29 is 26.0 Å². The highest BCUT2D eigenvalue weighted by Gasteiger charge is 2.64. The van der Waals surface area contributed by atoms with Gasteiger partial charge in [-0.25, -0.2) is 8.42 Å². The van der Waals surface area contributed by atoms with Crippen LogP contribution in [0.25, 0.3) is 0 Å². The van der Waals surface area contributed by atoms with E-state index in [1.54, 1.807) is 0 Å². The topological polar surface area (TPSA) is 34.1 Å². The molecule has 1 rings (SSSR count). The van der Waals surface area contributed by atoms with Gasteiger partial charge < -0.3 is 0 Å². The lowest BCUT2D eigenvalue weighted by molar-refractivity contribution is -0.0886. The van der Waals surface area contributed by atoms with Gasteiger partial charge in [-0.2, -0.15) is 17.6 Å². The van der Waals surface area contributed by atoms with Crippen molar-refractivity contribution in [3.8, 4) is 0 Å². The average Bonchev–Trinajstić information content (AvgIpc) is 2.17. The summed E-state index contributed by atoms with van der Waals surface area (Å²) < 4.78 is 73.2. The highest BCUT2D eigenvalue weighted by Crippen LogP contribution is 2.44. The zero-order valence-corrected chi connectivity index (χ0v) is 9.28. The van der Waals surface area contributed by atoms with E-state index in [1.165, 1.54) is 6.07 Å². The summed E-state index contributed by atoms with van der Waals surface area (Å²) in [5.41, 5.74) is 0. The van der Waals surface area contributed by atoms with Crippen LogP contribution >= 0.6 is 12.6 Å². The molecule has 0 spiro atoms. The zero-order valence-electron chi connectivity index (χ0n) is 7.57. The Balaban J connectivity index is 3.35. The molecule has 0 aliphatic carbocycles. The standard InChI is InChI=1S/C8H6F4O2S2/c9-7(10,15)8(11,12)16(13,14)6-4-2-1-3-5-6/h1-5,15H. The molecule has 0 heterocycles. The van der Waals surface area contributed by atoms with Crippen molar-refractivity contribution in [1.82, 2.24) is 0 Å². The summed E-state index contributed by atoms with van der Waals surface area (Å²) in [7, 11) is -5.46. The number of benzene rings is 1. The SMILES string of the molecule is O=S(=O)(c1ccccc1)C(F)(F)C(F)(F)S. The van der Waals surface area contributed by atoms with Crippen LogP contribution in [0.1, 0.15) is 0 Å². The number of hydrogen-bond donors (Lipinski definition) is 1. The van der Waals surface area contributed by atoms with Crippen LogP contribution < -0.4 is 0 Å². The Hall–Kier alpha value is -0.760. The molecule has 0 amide bonds. The van der Waals surface area contributed by atoms with E-state index >= 15 is 0 Å². The molecule has 0 fully saturated rings. The molecular formula is C8H6F4O2S2. The first-order chi connectivity index (χ1) is 7.11. The highest BCUT2D eigenvalue weighted by atomic mass is 32.2. The molecule has 0 N–H and O–H groups in total. The molecule has 0 radical (unpaired) electrons. The minimum absolute atomic E-state index is 0.808. The minimum atomic E-state index is -5.46. The maximum absolute atomic E-state index is 13.0. The van der Waals surface area contributed by atoms with E-state index in [1.807, 2.05) is 0 Å². The van der Waals surface area contributed by atoms with Crippen molar-refractivity contribution in [1.29, 1.82) is 0 Å². The molecular weight excluding hydrogens is 268 g/mol. The van der Waals surface area contributed by atoms with Crippen molar-refractivity contribution in [2.24, 2.45) is 0 Å². The van der Waals surface area contributed by atoms with Crippen molar-refractivity contribution >= 4 is 22.5 Å². The predicted molar refractivity (Wildman–Crippen MR) is 52.5 cm³/mol. The third-order valence-electron chi connectivity index (χ3n) is 1.74. The molecule has 0 aliphatic heterocycles. The summed E-state index contributed by atoms with van der Waals surface area (Å²) in [4.78, 5) is -0.881. The second kappa shape index (κ2) is 3.92. The predicted octanol–water partition coefficient (Wildman–Crippen LogP) is 2.58. The van der Waals surface area contributed by atoms with Crippen LogP contribution in [0.4, 0.5) is 17.6 Å². The Morgan fingerprint density at radius 2 is 1.44 bits per heavy atom. The van der Waals surface area contributed by atoms with Gasteiger partial charge in [0.25, 0.3) is 9.84 Å². The second-order valence-electron chi connectivity index (χ2n) is 2.87. The molecule has 0 aromatic heterocycles. The smallest absolute Gasteiger partial charge is 0.217 e. The van der Waals surface area contributed by atoms with Crippen molar-refractivity contribution in [3.05, 3.63) is 30.3 Å². The fraction of sp³-hybridized carbons (Fsp3) is 0.250. The molecule has 1 aromatic rings. The van der Waals surface area contributed by atoms with E-state index in [0.29, 0.717) is 0 Å². The number of thiol groups is 1. The quantitative estimate of drug-likeness (QED) is 0.679. The van der Waals surface area contributed by atoms with E-state index in [4.69, 9.17) is 0 Å². The third-order valence-corrected chi connectivity index (χ3v) is 4.00. The summed E-state index contributed by atoms with van der Waals surface area (Å²) in [5.74, 6) is 0. The van der Waals surface area contributed by atoms with Crippen LogP contribution in [0.2, 0.25) is 0 Å². The molecule has 0 unspecified atom stereocenters. The van der Waals surface area contributed by atoms with Gasteiger partial charge in [0.05, 0.1) is 4.90 Å². The number of alkyl halides is 4. The van der Waals surface area contributed by atoms with Crippen LogP contribution in [-0.2, 0) is 9.84 Å². The Morgan fingerprint density at radius 1 is 1.00 bits per heavy atom. The molecule has 90 valence electrons. The van der Waals surface area contributed by atoms with Crippen LogP contribution in [-0.4, -0.2) is 18.9 Å². The second-order valence-corrected chi connectivity index (χ2v) is 5.43. The molecule has 0 saturated carbocycles. The number of rotatable bonds is 3. The first-order valence-corrected chi connectivity index (χ1v) is 5.81. The summed E-state index contributed by atoms with van der Waals surface area (Å²) in [6.07, 6.45) is 0. The van der Waals surface area contributed by atoms with Gasteiger partial charge in [0.2, 0.25) is 0 Å². The molecule has 0 atom stereocenters. The summed E-state index contributed by atoms with van der Waals surface area (Å²) >= 11 is 2.32. The molecule has 0 bridgehead atoms. The molecule has 0 saturated heterocycles. The first-order valence-electron chi connectivity index (χ1n) is 3.88. The van der Waals surface area contributed by atoms with Crippen LogP contribution in [0.15, 0.2) is 35.2 Å². The molecule has 1 aromatic carbocycles. The highest BCUT2D eigenvalue weighted by molar-refractivity contribution is 7.94. The van der Waals surface area contributed by atoms with Crippen molar-refractivity contribution in [2.45, 2.75) is 15.4 Å². The van der Waals surface area contributed by atoms with Gasteiger partial charge in [-0.05, 0) is 12.1 Å². The lowest BCUT2D eigenvalue weighted by Gasteiger charge is -2.21. The Labute approximate surface area is 94.6 Å². The Morgan fingerprint density at radius 3 is 1.81 bits per heavy atom. The van der Waals surface area contributed by atoms with Gasteiger partial charge in [0.15, 0.2) is 0 Å². The molecule has 16 heavy (non-hydrogen) atoms. The van der Waals surface area contributed by atoms with Gasteiger partial charge in [-0.15, -0.1) is 0 Å². The van der Waals surface area contributed by atoms with Gasteiger partial charge in [-0.1, -0.05) is 30.8 Å². The van der Waals surface area contributed by atoms with E-state index < -0.39 is 25.2 Å². The summed E-state index contributed by atoms with van der Waals surface area (Å²) in [5, 5.41) is -10.2. The van der Waals surface area contributed by atoms with Crippen molar-refractivity contribution in [2.75, 3.05) is 0 Å². The van der Waals surface area contributed by atoms with Crippen molar-refractivity contribution in [3.63, 3.8) is 0 Å². The molecule has 8 heteroatoms. The summed E-state index contributed by atoms with van der Waals surface area (Å²) in [6.45, 7) is 0. The van der Waals surface area contributed by atoms with E-state index in [-0.39, 0.29) is 0 Å². The molecule has 2 nitrogen and oxygen atoms in total. The maximum Gasteiger partial charge on any atom is 0.420 e. The van der Waals surface area contributed by atoms with Crippen LogP contribution in [0.3, 0.4) is 0 Å². The van der Waals surface area contributed by atoms with E-state index in [2.05, 4.69) is 12.6 Å². The van der Waals surface area contributed by atoms with Gasteiger partial charge >= 0.3 is 10.5 Å². The fourth-order valence-electron chi connectivity index (χ4n) is 0.909. The maximum atomic E-state index is 13.0. The Kier molecular flexibility index (Phi) is 3.26. The van der Waals surface area contributed by atoms with E-state index in [0.717, 1.165) is 24.3 Å². The fourth-order valence-corrected chi connectivity index (χ4v) is 2.40. The number of sulfone groups is 1. The van der Waals surface area contributed by atoms with Gasteiger partial charge in [-0.3, -0.25) is 0 Å². The van der Waals surface area contributed by atoms with Gasteiger partial charge in [0, 0.05) is 0 Å². The monoisotopic (exact) mass is 274 g/mol. The first kappa shape index (κ1) is 13.3. The lowest BCUT2D eigenvalue weighted by Crippen LogP contribution is -2.43. The lowest BCUT2D eigenvalue weighted by atomic mass is 10.4. The summed E-state index contributed by atoms with van der Waals surface area (Å²) in [6, 6.07) is 5.29. The largest absolute Gasteiger partial charge is 0.420 e. The molecule has 0 aliphatic rings. The average molecular weight is 274 g/mol. The Bertz CT molecular complexity index is 465. The van der Waals surface area contributed by atoms with E-state index in [9.17, 15) is 26.0 Å². The third kappa shape index (κ3) is 2.03. The van der Waals surface area contributed by atoms with Crippen LogP contribution in [0.5, 0.6) is 0 Å². The van der Waals surface area contributed by atoms with Gasteiger partial charge in [0.1, 0.15) is 0 Å². The number of hydrogen-bond acceptors (Lipinski definition) is 3. The zero-order chi connectivity index (χ0) is 12.6. The minimum Gasteiger partial charge on any atom is -0.217 e. The van der Waals surface area contributed by atoms with Crippen LogP contribution in [0, 0.1) is 0 Å².